The molecule has 1 heterocycles. The number of fused-ring (bicyclic) bond motifs is 1. The first-order valence-electron chi connectivity index (χ1n) is 6.71. The lowest BCUT2D eigenvalue weighted by Gasteiger charge is -2.46. The summed E-state index contributed by atoms with van der Waals surface area (Å²) in [4.78, 5) is 21.7. The maximum absolute atomic E-state index is 11.5. The number of nitro groups is 1. The molecule has 2 fully saturated rings. The molecule has 0 spiro atoms. The first kappa shape index (κ1) is 13.8. The normalized spacial score (nSPS) is 30.3. The fourth-order valence-electron chi connectivity index (χ4n) is 3.08. The molecule has 3 rings (SSSR count). The van der Waals surface area contributed by atoms with Crippen LogP contribution in [-0.4, -0.2) is 35.6 Å². The summed E-state index contributed by atoms with van der Waals surface area (Å²) in [5.41, 5.74) is 11.7. The summed E-state index contributed by atoms with van der Waals surface area (Å²) in [5.74, 6) is -0.393. The topological polar surface area (TPSA) is 134 Å². The molecule has 8 nitrogen and oxygen atoms in total. The minimum atomic E-state index is -0.724. The van der Waals surface area contributed by atoms with Gasteiger partial charge in [0.05, 0.1) is 22.6 Å². The molecular weight excluding hydrogens is 276 g/mol. The van der Waals surface area contributed by atoms with E-state index in [4.69, 9.17) is 16.2 Å². The minimum Gasteiger partial charge on any atom is -0.377 e. The number of primary amides is 1. The Morgan fingerprint density at radius 3 is 2.90 bits per heavy atom. The quantitative estimate of drug-likeness (QED) is 0.537. The number of hydrogen-bond donors (Lipinski definition) is 3. The molecule has 1 saturated heterocycles. The number of ether oxygens (including phenoxy) is 1. The Hall–Kier alpha value is -2.19. The summed E-state index contributed by atoms with van der Waals surface area (Å²) < 4.78 is 5.60. The van der Waals surface area contributed by atoms with Crippen LogP contribution in [0.1, 0.15) is 16.8 Å². The van der Waals surface area contributed by atoms with E-state index in [0.29, 0.717) is 18.2 Å². The SMILES string of the molecule is NC(=O)c1cc([N+](=O)[O-])ccc1NC1C(N)C2CCOC21. The highest BCUT2D eigenvalue weighted by atomic mass is 16.6. The van der Waals surface area contributed by atoms with Crippen LogP contribution < -0.4 is 16.8 Å². The molecule has 1 aromatic rings. The average molecular weight is 292 g/mol. The standard InChI is InChI=1S/C13H16N4O4/c14-10-7-3-4-21-12(7)11(10)16-9-2-1-6(17(19)20)5-8(9)13(15)18/h1-2,5,7,10-12,16H,3-4,14H2,(H2,15,18). The number of nitrogens with zero attached hydrogens (tertiary/aromatic N) is 1. The zero-order valence-electron chi connectivity index (χ0n) is 11.2. The number of carbonyl (C=O) groups excluding carboxylic acids is 1. The van der Waals surface area contributed by atoms with E-state index in [1.807, 2.05) is 0 Å². The molecule has 4 atom stereocenters. The third kappa shape index (κ3) is 2.22. The van der Waals surface area contributed by atoms with Crippen molar-refractivity contribution >= 4 is 17.3 Å². The van der Waals surface area contributed by atoms with Crippen molar-refractivity contribution in [3.63, 3.8) is 0 Å². The number of nitrogens with two attached hydrogens (primary N) is 2. The molecule has 5 N–H and O–H groups in total. The van der Waals surface area contributed by atoms with E-state index in [1.165, 1.54) is 18.2 Å². The fourth-order valence-corrected chi connectivity index (χ4v) is 3.08. The Bertz CT molecular complexity index is 606. The van der Waals surface area contributed by atoms with Crippen LogP contribution in [0.15, 0.2) is 18.2 Å². The van der Waals surface area contributed by atoms with Crippen LogP contribution in [0.25, 0.3) is 0 Å². The van der Waals surface area contributed by atoms with E-state index in [2.05, 4.69) is 5.32 Å². The number of hydrogen-bond acceptors (Lipinski definition) is 6. The second-order valence-electron chi connectivity index (χ2n) is 5.39. The lowest BCUT2D eigenvalue weighted by molar-refractivity contribution is -0.384. The van der Waals surface area contributed by atoms with Crippen molar-refractivity contribution in [3.05, 3.63) is 33.9 Å². The van der Waals surface area contributed by atoms with Gasteiger partial charge in [-0.25, -0.2) is 0 Å². The minimum absolute atomic E-state index is 0.0240. The third-order valence-corrected chi connectivity index (χ3v) is 4.25. The molecule has 1 aliphatic heterocycles. The van der Waals surface area contributed by atoms with Gasteiger partial charge in [0.1, 0.15) is 0 Å². The van der Waals surface area contributed by atoms with Crippen molar-refractivity contribution in [1.29, 1.82) is 0 Å². The van der Waals surface area contributed by atoms with Gasteiger partial charge in [0, 0.05) is 36.4 Å². The smallest absolute Gasteiger partial charge is 0.270 e. The molecule has 1 aliphatic carbocycles. The van der Waals surface area contributed by atoms with Gasteiger partial charge in [-0.2, -0.15) is 0 Å². The molecular formula is C13H16N4O4. The van der Waals surface area contributed by atoms with Crippen LogP contribution in [0.4, 0.5) is 11.4 Å². The highest BCUT2D eigenvalue weighted by Gasteiger charge is 2.52. The van der Waals surface area contributed by atoms with Crippen molar-refractivity contribution in [2.24, 2.45) is 17.4 Å². The number of benzene rings is 1. The van der Waals surface area contributed by atoms with Gasteiger partial charge in [0.15, 0.2) is 0 Å². The van der Waals surface area contributed by atoms with Gasteiger partial charge in [-0.05, 0) is 12.5 Å². The molecule has 0 radical (unpaired) electrons. The number of nitrogens with one attached hydrogen (secondary N) is 1. The highest BCUT2D eigenvalue weighted by Crippen LogP contribution is 2.39. The van der Waals surface area contributed by atoms with Crippen LogP contribution in [0, 0.1) is 16.0 Å². The fraction of sp³-hybridized carbons (Fsp3) is 0.462. The maximum atomic E-state index is 11.5. The first-order chi connectivity index (χ1) is 9.99. The zero-order valence-corrected chi connectivity index (χ0v) is 11.2. The Balaban J connectivity index is 1.85. The summed E-state index contributed by atoms with van der Waals surface area (Å²) >= 11 is 0. The third-order valence-electron chi connectivity index (χ3n) is 4.25. The predicted octanol–water partition coefficient (Wildman–Crippen LogP) is 0.220. The van der Waals surface area contributed by atoms with Crippen molar-refractivity contribution in [2.75, 3.05) is 11.9 Å². The van der Waals surface area contributed by atoms with E-state index in [0.717, 1.165) is 6.42 Å². The second kappa shape index (κ2) is 4.97. The molecule has 21 heavy (non-hydrogen) atoms. The van der Waals surface area contributed by atoms with Gasteiger partial charge in [-0.1, -0.05) is 0 Å². The van der Waals surface area contributed by atoms with Crippen LogP contribution in [0.2, 0.25) is 0 Å². The summed E-state index contributed by atoms with van der Waals surface area (Å²) in [5, 5.41) is 13.9. The van der Waals surface area contributed by atoms with Crippen molar-refractivity contribution in [3.8, 4) is 0 Å². The Labute approximate surface area is 120 Å². The van der Waals surface area contributed by atoms with E-state index < -0.39 is 10.8 Å². The molecule has 1 saturated carbocycles. The molecule has 0 bridgehead atoms. The van der Waals surface area contributed by atoms with E-state index in [1.54, 1.807) is 0 Å². The molecule has 1 amide bonds. The number of amides is 1. The molecule has 8 heteroatoms. The summed E-state index contributed by atoms with van der Waals surface area (Å²) in [6.07, 6.45) is 0.961. The van der Waals surface area contributed by atoms with E-state index in [-0.39, 0.29) is 29.4 Å². The first-order valence-corrected chi connectivity index (χ1v) is 6.71. The Kier molecular flexibility index (Phi) is 3.26. The number of non-ortho nitro benzene ring substituents is 1. The van der Waals surface area contributed by atoms with Gasteiger partial charge < -0.3 is 21.5 Å². The van der Waals surface area contributed by atoms with Crippen molar-refractivity contribution < 1.29 is 14.5 Å². The number of carbonyl (C=O) groups is 1. The molecule has 2 aliphatic rings. The lowest BCUT2D eigenvalue weighted by atomic mass is 9.72. The van der Waals surface area contributed by atoms with Gasteiger partial charge in [0.25, 0.3) is 11.6 Å². The summed E-state index contributed by atoms with van der Waals surface area (Å²) in [7, 11) is 0. The van der Waals surface area contributed by atoms with Gasteiger partial charge in [-0.15, -0.1) is 0 Å². The number of anilines is 1. The van der Waals surface area contributed by atoms with Crippen LogP contribution >= 0.6 is 0 Å². The number of nitro benzene ring substituents is 1. The molecule has 0 aromatic heterocycles. The predicted molar refractivity (Wildman–Crippen MR) is 74.8 cm³/mol. The van der Waals surface area contributed by atoms with Crippen molar-refractivity contribution in [1.82, 2.24) is 0 Å². The zero-order chi connectivity index (χ0) is 15.1. The molecule has 4 unspecified atom stereocenters. The Morgan fingerprint density at radius 2 is 2.24 bits per heavy atom. The molecule has 1 aromatic carbocycles. The van der Waals surface area contributed by atoms with E-state index >= 15 is 0 Å². The maximum Gasteiger partial charge on any atom is 0.270 e. The van der Waals surface area contributed by atoms with Gasteiger partial charge in [0.2, 0.25) is 0 Å². The van der Waals surface area contributed by atoms with Crippen LogP contribution in [0.5, 0.6) is 0 Å². The largest absolute Gasteiger partial charge is 0.377 e. The van der Waals surface area contributed by atoms with Crippen LogP contribution in [-0.2, 0) is 4.74 Å². The van der Waals surface area contributed by atoms with Crippen LogP contribution in [0.3, 0.4) is 0 Å². The van der Waals surface area contributed by atoms with E-state index in [9.17, 15) is 14.9 Å². The summed E-state index contributed by atoms with van der Waals surface area (Å²) in [6.45, 7) is 0.685. The highest BCUT2D eigenvalue weighted by molar-refractivity contribution is 5.99. The Morgan fingerprint density at radius 1 is 1.48 bits per heavy atom. The number of rotatable bonds is 4. The monoisotopic (exact) mass is 292 g/mol. The van der Waals surface area contributed by atoms with Crippen molar-refractivity contribution in [2.45, 2.75) is 24.6 Å². The van der Waals surface area contributed by atoms with Gasteiger partial charge in [-0.3, -0.25) is 14.9 Å². The van der Waals surface area contributed by atoms with Gasteiger partial charge >= 0.3 is 0 Å². The second-order valence-corrected chi connectivity index (χ2v) is 5.39. The molecule has 112 valence electrons. The lowest BCUT2D eigenvalue weighted by Crippen LogP contribution is -2.65. The summed E-state index contributed by atoms with van der Waals surface area (Å²) in [6, 6.07) is 3.80. The average Bonchev–Trinajstić information content (AvgIpc) is 2.89.